The number of aliphatic imine (C=N–C) groups is 1. The largest absolute Gasteiger partial charge is 0.416 e. The Labute approximate surface area is 149 Å². The van der Waals surface area contributed by atoms with Gasteiger partial charge in [-0.2, -0.15) is 13.2 Å². The van der Waals surface area contributed by atoms with Crippen molar-refractivity contribution >= 4 is 39.9 Å². The van der Waals surface area contributed by atoms with Crippen LogP contribution in [0.4, 0.5) is 30.2 Å². The van der Waals surface area contributed by atoms with Crippen molar-refractivity contribution in [3.63, 3.8) is 0 Å². The molecule has 0 N–H and O–H groups in total. The van der Waals surface area contributed by atoms with Gasteiger partial charge in [-0.05, 0) is 30.3 Å². The lowest BCUT2D eigenvalue weighted by Gasteiger charge is -2.16. The van der Waals surface area contributed by atoms with Crippen LogP contribution in [0.5, 0.6) is 0 Å². The number of amides is 1. The Hall–Kier alpha value is -2.88. The van der Waals surface area contributed by atoms with Crippen LogP contribution in [0.3, 0.4) is 0 Å². The monoisotopic (exact) mass is 381 g/mol. The molecule has 0 aliphatic carbocycles. The normalized spacial score (nSPS) is 16.3. The van der Waals surface area contributed by atoms with E-state index in [9.17, 15) is 28.1 Å². The van der Waals surface area contributed by atoms with Crippen molar-refractivity contribution in [2.24, 2.45) is 4.99 Å². The fourth-order valence-electron chi connectivity index (χ4n) is 2.28. The van der Waals surface area contributed by atoms with E-state index in [2.05, 4.69) is 4.99 Å². The molecule has 0 aromatic heterocycles. The summed E-state index contributed by atoms with van der Waals surface area (Å²) >= 11 is 1.08. The Kier molecular flexibility index (Phi) is 4.68. The zero-order valence-corrected chi connectivity index (χ0v) is 13.8. The quantitative estimate of drug-likeness (QED) is 0.584. The van der Waals surface area contributed by atoms with Gasteiger partial charge in [0.05, 0.1) is 27.6 Å². The smallest absolute Gasteiger partial charge is 0.273 e. The van der Waals surface area contributed by atoms with Crippen molar-refractivity contribution in [3.05, 3.63) is 64.2 Å². The molecule has 26 heavy (non-hydrogen) atoms. The number of nitro benzene ring substituents is 1. The van der Waals surface area contributed by atoms with Crippen LogP contribution in [0.15, 0.2) is 53.5 Å². The SMILES string of the molecule is O=C1CSC(=Nc2cccc(C(F)(F)F)c2)N1c1ccc([N+](=O)[O-])cc1. The summed E-state index contributed by atoms with van der Waals surface area (Å²) in [7, 11) is 0. The first-order valence-electron chi connectivity index (χ1n) is 7.22. The number of alkyl halides is 3. The summed E-state index contributed by atoms with van der Waals surface area (Å²) in [5, 5.41) is 10.9. The number of thioether (sulfide) groups is 1. The molecule has 3 rings (SSSR count). The van der Waals surface area contributed by atoms with Crippen LogP contribution in [-0.2, 0) is 11.0 Å². The molecule has 0 bridgehead atoms. The van der Waals surface area contributed by atoms with Crippen molar-refractivity contribution in [3.8, 4) is 0 Å². The van der Waals surface area contributed by atoms with Gasteiger partial charge in [0.25, 0.3) is 5.69 Å². The molecule has 0 saturated carbocycles. The fraction of sp³-hybridized carbons (Fsp3) is 0.125. The van der Waals surface area contributed by atoms with Crippen molar-refractivity contribution < 1.29 is 22.9 Å². The standard InChI is InChI=1S/C16H10F3N3O3S/c17-16(18,19)10-2-1-3-11(8-10)20-15-21(14(23)9-26-15)12-4-6-13(7-5-12)22(24)25/h1-8H,9H2. The van der Waals surface area contributed by atoms with Gasteiger partial charge in [0.15, 0.2) is 5.17 Å². The molecule has 1 heterocycles. The summed E-state index contributed by atoms with van der Waals surface area (Å²) in [6, 6.07) is 9.74. The van der Waals surface area contributed by atoms with Crippen molar-refractivity contribution in [2.75, 3.05) is 10.7 Å². The number of hydrogen-bond donors (Lipinski definition) is 0. The minimum absolute atomic E-state index is 0.0592. The zero-order chi connectivity index (χ0) is 18.9. The van der Waals surface area contributed by atoms with Gasteiger partial charge in [-0.3, -0.25) is 19.8 Å². The Bertz CT molecular complexity index is 898. The van der Waals surface area contributed by atoms with Gasteiger partial charge in [-0.15, -0.1) is 0 Å². The molecular weight excluding hydrogens is 371 g/mol. The number of carbonyl (C=O) groups is 1. The van der Waals surface area contributed by atoms with Crippen LogP contribution in [-0.4, -0.2) is 21.8 Å². The number of non-ortho nitro benzene ring substituents is 1. The third-order valence-corrected chi connectivity index (χ3v) is 4.41. The molecule has 0 spiro atoms. The minimum Gasteiger partial charge on any atom is -0.273 e. The predicted octanol–water partition coefficient (Wildman–Crippen LogP) is 4.38. The maximum atomic E-state index is 12.8. The van der Waals surface area contributed by atoms with Gasteiger partial charge in [-0.1, -0.05) is 17.8 Å². The molecule has 0 radical (unpaired) electrons. The molecule has 6 nitrogen and oxygen atoms in total. The first-order valence-corrected chi connectivity index (χ1v) is 8.20. The highest BCUT2D eigenvalue weighted by atomic mass is 32.2. The summed E-state index contributed by atoms with van der Waals surface area (Å²) in [6.45, 7) is 0. The lowest BCUT2D eigenvalue weighted by atomic mass is 10.2. The van der Waals surface area contributed by atoms with Gasteiger partial charge in [-0.25, -0.2) is 4.99 Å². The molecule has 1 fully saturated rings. The highest BCUT2D eigenvalue weighted by molar-refractivity contribution is 8.15. The van der Waals surface area contributed by atoms with Gasteiger partial charge in [0.2, 0.25) is 5.91 Å². The molecule has 2 aromatic rings. The average Bonchev–Trinajstić information content (AvgIpc) is 2.95. The minimum atomic E-state index is -4.49. The Morgan fingerprint density at radius 2 is 1.85 bits per heavy atom. The summed E-state index contributed by atoms with van der Waals surface area (Å²) in [4.78, 5) is 27.7. The second kappa shape index (κ2) is 6.79. The van der Waals surface area contributed by atoms with Crippen LogP contribution in [0.1, 0.15) is 5.56 Å². The van der Waals surface area contributed by atoms with Gasteiger partial charge < -0.3 is 0 Å². The Morgan fingerprint density at radius 3 is 2.46 bits per heavy atom. The lowest BCUT2D eigenvalue weighted by molar-refractivity contribution is -0.384. The Morgan fingerprint density at radius 1 is 1.15 bits per heavy atom. The third kappa shape index (κ3) is 3.69. The predicted molar refractivity (Wildman–Crippen MR) is 91.6 cm³/mol. The van der Waals surface area contributed by atoms with E-state index < -0.39 is 16.7 Å². The van der Waals surface area contributed by atoms with Crippen molar-refractivity contribution in [1.82, 2.24) is 0 Å². The Balaban J connectivity index is 1.95. The van der Waals surface area contributed by atoms with E-state index in [1.807, 2.05) is 0 Å². The highest BCUT2D eigenvalue weighted by Gasteiger charge is 2.32. The maximum Gasteiger partial charge on any atom is 0.416 e. The van der Waals surface area contributed by atoms with Crippen LogP contribution in [0.25, 0.3) is 0 Å². The molecule has 0 unspecified atom stereocenters. The lowest BCUT2D eigenvalue weighted by Crippen LogP contribution is -2.29. The maximum absolute atomic E-state index is 12.8. The number of nitro groups is 1. The number of nitrogens with zero attached hydrogens (tertiary/aromatic N) is 3. The number of halogens is 3. The highest BCUT2D eigenvalue weighted by Crippen LogP contribution is 2.33. The molecular formula is C16H10F3N3O3S. The summed E-state index contributed by atoms with van der Waals surface area (Å²) in [5.74, 6) is -0.232. The molecule has 10 heteroatoms. The number of hydrogen-bond acceptors (Lipinski definition) is 5. The molecule has 0 atom stereocenters. The first kappa shape index (κ1) is 17.9. The van der Waals surface area contributed by atoms with E-state index in [1.165, 1.54) is 41.3 Å². The first-order chi connectivity index (χ1) is 12.3. The number of rotatable bonds is 3. The van der Waals surface area contributed by atoms with Gasteiger partial charge in [0.1, 0.15) is 0 Å². The van der Waals surface area contributed by atoms with E-state index in [0.29, 0.717) is 5.69 Å². The summed E-state index contributed by atoms with van der Waals surface area (Å²) < 4.78 is 38.4. The number of benzene rings is 2. The van der Waals surface area contributed by atoms with E-state index >= 15 is 0 Å². The number of amidine groups is 1. The van der Waals surface area contributed by atoms with Crippen LogP contribution >= 0.6 is 11.8 Å². The fourth-order valence-corrected chi connectivity index (χ4v) is 3.17. The van der Waals surface area contributed by atoms with Crippen LogP contribution < -0.4 is 4.90 Å². The molecule has 1 saturated heterocycles. The summed E-state index contributed by atoms with van der Waals surface area (Å²) in [6.07, 6.45) is -4.49. The number of carbonyl (C=O) groups excluding carboxylic acids is 1. The molecule has 1 aliphatic rings. The molecule has 2 aromatic carbocycles. The summed E-state index contributed by atoms with van der Waals surface area (Å²) in [5.41, 5.74) is -0.555. The van der Waals surface area contributed by atoms with Crippen LogP contribution in [0, 0.1) is 10.1 Å². The third-order valence-electron chi connectivity index (χ3n) is 3.48. The van der Waals surface area contributed by atoms with E-state index in [-0.39, 0.29) is 28.2 Å². The van der Waals surface area contributed by atoms with Crippen molar-refractivity contribution in [2.45, 2.75) is 6.18 Å². The average molecular weight is 381 g/mol. The molecule has 134 valence electrons. The van der Waals surface area contributed by atoms with E-state index in [1.54, 1.807) is 0 Å². The topological polar surface area (TPSA) is 75.8 Å². The zero-order valence-electron chi connectivity index (χ0n) is 12.9. The van der Waals surface area contributed by atoms with Gasteiger partial charge in [0, 0.05) is 12.1 Å². The van der Waals surface area contributed by atoms with E-state index in [4.69, 9.17) is 0 Å². The van der Waals surface area contributed by atoms with E-state index in [0.717, 1.165) is 23.9 Å². The molecule has 1 aliphatic heterocycles. The van der Waals surface area contributed by atoms with Crippen molar-refractivity contribution in [1.29, 1.82) is 0 Å². The second-order valence-electron chi connectivity index (χ2n) is 5.23. The van der Waals surface area contributed by atoms with Gasteiger partial charge >= 0.3 is 6.18 Å². The molecule has 1 amide bonds. The second-order valence-corrected chi connectivity index (χ2v) is 6.18. The number of anilines is 1. The van der Waals surface area contributed by atoms with Crippen LogP contribution in [0.2, 0.25) is 0 Å².